The standard InChI is InChI=1S/C20H26ClN7/c1-14(2)28-13-23-17-18(24-20(21)25-19(17)28)22-12-15-6-4-5-7-16(15)27-10-8-26(3)9-11-27/h4-7,13-14H,8-12H2,1-3H3,(H,22,24,25). The van der Waals surface area contributed by atoms with Gasteiger partial charge in [-0.3, -0.25) is 0 Å². The van der Waals surface area contributed by atoms with Gasteiger partial charge in [-0.2, -0.15) is 9.97 Å². The number of rotatable bonds is 5. The van der Waals surface area contributed by atoms with Gasteiger partial charge < -0.3 is 19.7 Å². The number of piperazine rings is 1. The van der Waals surface area contributed by atoms with Crippen LogP contribution in [0.5, 0.6) is 0 Å². The molecule has 0 atom stereocenters. The number of anilines is 2. The number of halogens is 1. The number of nitrogens with zero attached hydrogens (tertiary/aromatic N) is 6. The molecule has 3 heterocycles. The minimum atomic E-state index is 0.227. The zero-order chi connectivity index (χ0) is 19.7. The second-order valence-electron chi connectivity index (χ2n) is 7.53. The number of aromatic nitrogens is 4. The first-order chi connectivity index (χ1) is 13.5. The summed E-state index contributed by atoms with van der Waals surface area (Å²) in [5.74, 6) is 0.669. The van der Waals surface area contributed by atoms with Gasteiger partial charge in [-0.25, -0.2) is 4.98 Å². The number of para-hydroxylation sites is 1. The number of nitrogens with one attached hydrogen (secondary N) is 1. The van der Waals surface area contributed by atoms with E-state index in [-0.39, 0.29) is 11.3 Å². The summed E-state index contributed by atoms with van der Waals surface area (Å²) in [7, 11) is 2.17. The molecule has 1 aliphatic heterocycles. The molecule has 0 unspecified atom stereocenters. The van der Waals surface area contributed by atoms with Gasteiger partial charge >= 0.3 is 0 Å². The Balaban J connectivity index is 1.59. The van der Waals surface area contributed by atoms with Crippen molar-refractivity contribution in [3.63, 3.8) is 0 Å². The van der Waals surface area contributed by atoms with Gasteiger partial charge in [0.05, 0.1) is 6.33 Å². The van der Waals surface area contributed by atoms with Gasteiger partial charge in [0.2, 0.25) is 5.28 Å². The maximum absolute atomic E-state index is 6.19. The van der Waals surface area contributed by atoms with E-state index < -0.39 is 0 Å². The molecule has 0 radical (unpaired) electrons. The zero-order valence-electron chi connectivity index (χ0n) is 16.6. The van der Waals surface area contributed by atoms with Crippen LogP contribution in [0, 0.1) is 0 Å². The predicted molar refractivity (Wildman–Crippen MR) is 114 cm³/mol. The Morgan fingerprint density at radius 1 is 1.11 bits per heavy atom. The van der Waals surface area contributed by atoms with Gasteiger partial charge in [-0.1, -0.05) is 18.2 Å². The van der Waals surface area contributed by atoms with Crippen LogP contribution in [0.2, 0.25) is 5.28 Å². The number of hydrogen-bond donors (Lipinski definition) is 1. The molecule has 0 amide bonds. The van der Waals surface area contributed by atoms with Gasteiger partial charge in [0.25, 0.3) is 0 Å². The van der Waals surface area contributed by atoms with E-state index in [0.29, 0.717) is 12.4 Å². The van der Waals surface area contributed by atoms with Crippen LogP contribution < -0.4 is 10.2 Å². The maximum Gasteiger partial charge on any atom is 0.226 e. The fourth-order valence-corrected chi connectivity index (χ4v) is 3.75. The second kappa shape index (κ2) is 7.93. The molecule has 148 valence electrons. The quantitative estimate of drug-likeness (QED) is 0.663. The third-order valence-electron chi connectivity index (χ3n) is 5.23. The Kier molecular flexibility index (Phi) is 5.37. The molecular weight excluding hydrogens is 374 g/mol. The molecule has 0 saturated carbocycles. The second-order valence-corrected chi connectivity index (χ2v) is 7.87. The van der Waals surface area contributed by atoms with E-state index in [0.717, 1.165) is 37.3 Å². The van der Waals surface area contributed by atoms with Crippen molar-refractivity contribution in [3.8, 4) is 0 Å². The van der Waals surface area contributed by atoms with Gasteiger partial charge in [-0.05, 0) is 44.1 Å². The molecule has 0 spiro atoms. The average molecular weight is 400 g/mol. The van der Waals surface area contributed by atoms with Gasteiger partial charge in [-0.15, -0.1) is 0 Å². The Labute approximate surface area is 170 Å². The molecule has 0 bridgehead atoms. The Morgan fingerprint density at radius 3 is 2.61 bits per heavy atom. The lowest BCUT2D eigenvalue weighted by atomic mass is 10.1. The molecule has 4 rings (SSSR count). The van der Waals surface area contributed by atoms with E-state index in [2.05, 4.69) is 75.2 Å². The molecule has 2 aromatic heterocycles. The normalized spacial score (nSPS) is 15.5. The fourth-order valence-electron chi connectivity index (χ4n) is 3.59. The first-order valence-electron chi connectivity index (χ1n) is 9.68. The van der Waals surface area contributed by atoms with Crippen molar-refractivity contribution in [3.05, 3.63) is 41.4 Å². The molecule has 1 aliphatic rings. The van der Waals surface area contributed by atoms with E-state index in [4.69, 9.17) is 11.6 Å². The molecule has 3 aromatic rings. The molecule has 1 saturated heterocycles. The summed E-state index contributed by atoms with van der Waals surface area (Å²) >= 11 is 6.19. The van der Waals surface area contributed by atoms with E-state index in [9.17, 15) is 0 Å². The van der Waals surface area contributed by atoms with Crippen LogP contribution >= 0.6 is 11.6 Å². The summed E-state index contributed by atoms with van der Waals surface area (Å²) in [6, 6.07) is 8.78. The maximum atomic E-state index is 6.19. The lowest BCUT2D eigenvalue weighted by molar-refractivity contribution is 0.312. The van der Waals surface area contributed by atoms with Gasteiger partial charge in [0, 0.05) is 44.5 Å². The largest absolute Gasteiger partial charge is 0.369 e. The third-order valence-corrected chi connectivity index (χ3v) is 5.40. The van der Waals surface area contributed by atoms with Crippen molar-refractivity contribution >= 4 is 34.3 Å². The van der Waals surface area contributed by atoms with Crippen LogP contribution in [0.4, 0.5) is 11.5 Å². The monoisotopic (exact) mass is 399 g/mol. The summed E-state index contributed by atoms with van der Waals surface area (Å²) in [6.07, 6.45) is 1.80. The fraction of sp³-hybridized carbons (Fsp3) is 0.450. The highest BCUT2D eigenvalue weighted by Gasteiger charge is 2.18. The molecule has 7 nitrogen and oxygen atoms in total. The van der Waals surface area contributed by atoms with Gasteiger partial charge in [0.1, 0.15) is 0 Å². The van der Waals surface area contributed by atoms with Crippen molar-refractivity contribution in [2.75, 3.05) is 43.4 Å². The number of imidazole rings is 1. The van der Waals surface area contributed by atoms with Crippen molar-refractivity contribution in [1.29, 1.82) is 0 Å². The topological polar surface area (TPSA) is 62.1 Å². The van der Waals surface area contributed by atoms with E-state index in [1.165, 1.54) is 11.3 Å². The molecule has 1 N–H and O–H groups in total. The van der Waals surface area contributed by atoms with Crippen LogP contribution in [-0.4, -0.2) is 57.6 Å². The van der Waals surface area contributed by atoms with Crippen molar-refractivity contribution in [2.45, 2.75) is 26.4 Å². The molecule has 28 heavy (non-hydrogen) atoms. The minimum absolute atomic E-state index is 0.227. The number of benzene rings is 1. The lowest BCUT2D eigenvalue weighted by Gasteiger charge is -2.35. The predicted octanol–water partition coefficient (Wildman–Crippen LogP) is 3.42. The van der Waals surface area contributed by atoms with Crippen LogP contribution in [0.15, 0.2) is 30.6 Å². The Morgan fingerprint density at radius 2 is 1.86 bits per heavy atom. The van der Waals surface area contributed by atoms with Crippen LogP contribution in [-0.2, 0) is 6.54 Å². The molecule has 1 fully saturated rings. The summed E-state index contributed by atoms with van der Waals surface area (Å²) in [4.78, 5) is 18.1. The van der Waals surface area contributed by atoms with E-state index in [1.807, 2.05) is 4.57 Å². The molecule has 8 heteroatoms. The minimum Gasteiger partial charge on any atom is -0.369 e. The van der Waals surface area contributed by atoms with E-state index in [1.54, 1.807) is 6.33 Å². The lowest BCUT2D eigenvalue weighted by Crippen LogP contribution is -2.44. The highest BCUT2D eigenvalue weighted by molar-refractivity contribution is 6.28. The number of hydrogen-bond acceptors (Lipinski definition) is 6. The SMILES string of the molecule is CC(C)n1cnc2c(NCc3ccccc3N3CCN(C)CC3)nc(Cl)nc21. The average Bonchev–Trinajstić information content (AvgIpc) is 3.11. The molecule has 1 aromatic carbocycles. The van der Waals surface area contributed by atoms with E-state index >= 15 is 0 Å². The van der Waals surface area contributed by atoms with Crippen molar-refractivity contribution in [2.24, 2.45) is 0 Å². The smallest absolute Gasteiger partial charge is 0.226 e. The summed E-state index contributed by atoms with van der Waals surface area (Å²) in [5.41, 5.74) is 4.01. The highest BCUT2D eigenvalue weighted by atomic mass is 35.5. The summed E-state index contributed by atoms with van der Waals surface area (Å²) in [5, 5.41) is 3.66. The first kappa shape index (κ1) is 19.0. The summed E-state index contributed by atoms with van der Waals surface area (Å²) < 4.78 is 2.01. The summed E-state index contributed by atoms with van der Waals surface area (Å²) in [6.45, 7) is 9.07. The third kappa shape index (κ3) is 3.77. The zero-order valence-corrected chi connectivity index (χ0v) is 17.3. The van der Waals surface area contributed by atoms with Crippen molar-refractivity contribution in [1.82, 2.24) is 24.4 Å². The van der Waals surface area contributed by atoms with Crippen molar-refractivity contribution < 1.29 is 0 Å². The first-order valence-corrected chi connectivity index (χ1v) is 10.1. The molecular formula is C20H26ClN7. The van der Waals surface area contributed by atoms with Crippen LogP contribution in [0.25, 0.3) is 11.2 Å². The number of fused-ring (bicyclic) bond motifs is 1. The van der Waals surface area contributed by atoms with Crippen LogP contribution in [0.1, 0.15) is 25.5 Å². The van der Waals surface area contributed by atoms with Crippen LogP contribution in [0.3, 0.4) is 0 Å². The Bertz CT molecular complexity index is 960. The highest BCUT2D eigenvalue weighted by Crippen LogP contribution is 2.26. The Hall–Kier alpha value is -2.38. The number of likely N-dealkylation sites (N-methyl/N-ethyl adjacent to an activating group) is 1. The van der Waals surface area contributed by atoms with Gasteiger partial charge in [0.15, 0.2) is 17.0 Å². The molecule has 0 aliphatic carbocycles.